The van der Waals surface area contributed by atoms with Crippen molar-refractivity contribution >= 4 is 5.91 Å². The number of hydrogen-bond acceptors (Lipinski definition) is 3. The summed E-state index contributed by atoms with van der Waals surface area (Å²) in [6.07, 6.45) is 8.98. The first-order valence-corrected chi connectivity index (χ1v) is 7.83. The van der Waals surface area contributed by atoms with E-state index in [0.717, 1.165) is 31.2 Å². The van der Waals surface area contributed by atoms with Crippen molar-refractivity contribution in [2.24, 2.45) is 0 Å². The first kappa shape index (κ1) is 18.1. The summed E-state index contributed by atoms with van der Waals surface area (Å²) in [5, 5.41) is 9.57. The molecule has 0 saturated carbocycles. The maximum Gasteiger partial charge on any atom is 0.222 e. The van der Waals surface area contributed by atoms with Crippen LogP contribution in [0.3, 0.4) is 0 Å². The van der Waals surface area contributed by atoms with Crippen molar-refractivity contribution in [2.75, 3.05) is 14.2 Å². The molecule has 1 N–H and O–H groups in total. The van der Waals surface area contributed by atoms with Crippen LogP contribution in [-0.4, -0.2) is 30.1 Å². The Labute approximate surface area is 133 Å². The van der Waals surface area contributed by atoms with Crippen LogP contribution in [0, 0.1) is 0 Å². The van der Waals surface area contributed by atoms with Gasteiger partial charge in [0.2, 0.25) is 5.91 Å². The van der Waals surface area contributed by atoms with Gasteiger partial charge in [0.15, 0.2) is 11.5 Å². The fourth-order valence-corrected chi connectivity index (χ4v) is 2.20. The lowest BCUT2D eigenvalue weighted by Crippen LogP contribution is -2.25. The number of phenolic OH excluding ortho intramolecular Hbond substituents is 1. The zero-order valence-electron chi connectivity index (χ0n) is 13.8. The lowest BCUT2D eigenvalue weighted by molar-refractivity contribution is -0.130. The van der Waals surface area contributed by atoms with Crippen LogP contribution < -0.4 is 4.74 Å². The fourth-order valence-electron chi connectivity index (χ4n) is 2.20. The summed E-state index contributed by atoms with van der Waals surface area (Å²) in [6, 6.07) is 5.15. The molecular weight excluding hydrogens is 278 g/mol. The van der Waals surface area contributed by atoms with Crippen LogP contribution in [0.4, 0.5) is 0 Å². The predicted octanol–water partition coefficient (Wildman–Crippen LogP) is 3.89. The van der Waals surface area contributed by atoms with Gasteiger partial charge in [-0.1, -0.05) is 25.1 Å². The van der Waals surface area contributed by atoms with E-state index in [0.29, 0.717) is 18.7 Å². The molecule has 1 amide bonds. The van der Waals surface area contributed by atoms with E-state index in [1.807, 2.05) is 0 Å². The number of unbranched alkanes of at least 4 members (excludes halogenated alkanes) is 2. The molecule has 0 unspecified atom stereocenters. The van der Waals surface area contributed by atoms with E-state index in [1.165, 1.54) is 7.11 Å². The van der Waals surface area contributed by atoms with E-state index in [1.54, 1.807) is 30.1 Å². The molecular formula is C18H27NO3. The van der Waals surface area contributed by atoms with Gasteiger partial charge in [-0.3, -0.25) is 4.79 Å². The maximum absolute atomic E-state index is 12.1. The fraction of sp³-hybridized carbons (Fsp3) is 0.500. The first-order chi connectivity index (χ1) is 10.6. The molecule has 0 heterocycles. The molecule has 0 aromatic heterocycles. The summed E-state index contributed by atoms with van der Waals surface area (Å²) in [6.45, 7) is 2.64. The summed E-state index contributed by atoms with van der Waals surface area (Å²) in [4.78, 5) is 13.8. The number of methoxy groups -OCH3 is 1. The third-order valence-corrected chi connectivity index (χ3v) is 3.50. The molecule has 22 heavy (non-hydrogen) atoms. The van der Waals surface area contributed by atoms with Crippen molar-refractivity contribution in [3.63, 3.8) is 0 Å². The number of carbonyl (C=O) groups is 1. The second-order valence-electron chi connectivity index (χ2n) is 5.38. The molecule has 0 fully saturated rings. The molecule has 0 aliphatic carbocycles. The number of aromatic hydroxyl groups is 1. The molecule has 4 nitrogen and oxygen atoms in total. The maximum atomic E-state index is 12.1. The number of benzene rings is 1. The Morgan fingerprint density at radius 2 is 2.09 bits per heavy atom. The summed E-state index contributed by atoms with van der Waals surface area (Å²) in [5.41, 5.74) is 0.941. The van der Waals surface area contributed by atoms with Gasteiger partial charge in [0, 0.05) is 20.0 Å². The van der Waals surface area contributed by atoms with Crippen molar-refractivity contribution in [3.05, 3.63) is 35.9 Å². The molecule has 0 aliphatic rings. The molecule has 4 heteroatoms. The van der Waals surface area contributed by atoms with E-state index >= 15 is 0 Å². The lowest BCUT2D eigenvalue weighted by Gasteiger charge is -2.18. The third-order valence-electron chi connectivity index (χ3n) is 3.50. The van der Waals surface area contributed by atoms with Gasteiger partial charge in [-0.2, -0.15) is 0 Å². The average Bonchev–Trinajstić information content (AvgIpc) is 2.52. The number of nitrogens with zero attached hydrogens (tertiary/aromatic N) is 1. The van der Waals surface area contributed by atoms with E-state index in [4.69, 9.17) is 4.74 Å². The van der Waals surface area contributed by atoms with Crippen LogP contribution in [0.15, 0.2) is 30.4 Å². The van der Waals surface area contributed by atoms with Crippen molar-refractivity contribution < 1.29 is 14.6 Å². The average molecular weight is 305 g/mol. The van der Waals surface area contributed by atoms with Crippen LogP contribution >= 0.6 is 0 Å². The number of carbonyl (C=O) groups excluding carboxylic acids is 1. The number of amides is 1. The zero-order chi connectivity index (χ0) is 16.4. The van der Waals surface area contributed by atoms with Crippen LogP contribution in [0.25, 0.3) is 0 Å². The Kier molecular flexibility index (Phi) is 8.11. The standard InChI is InChI=1S/C18H27NO3/c1-4-5-6-7-8-9-10-18(21)19(2)14-15-11-12-16(20)17(13-15)22-3/h5-6,11-13,20H,4,7-10,14H2,1-3H3. The minimum Gasteiger partial charge on any atom is -0.504 e. The molecule has 0 spiro atoms. The third kappa shape index (κ3) is 6.20. The quantitative estimate of drug-likeness (QED) is 0.556. The van der Waals surface area contributed by atoms with E-state index in [9.17, 15) is 9.90 Å². The zero-order valence-corrected chi connectivity index (χ0v) is 13.8. The minimum atomic E-state index is 0.111. The minimum absolute atomic E-state index is 0.111. The number of ether oxygens (including phenoxy) is 1. The molecule has 1 rings (SSSR count). The van der Waals surface area contributed by atoms with Crippen LogP contribution in [0.5, 0.6) is 11.5 Å². The highest BCUT2D eigenvalue weighted by atomic mass is 16.5. The number of phenols is 1. The van der Waals surface area contributed by atoms with Gasteiger partial charge in [-0.05, 0) is 43.4 Å². The van der Waals surface area contributed by atoms with Crippen molar-refractivity contribution in [1.29, 1.82) is 0 Å². The number of rotatable bonds is 9. The summed E-state index contributed by atoms with van der Waals surface area (Å²) in [5.74, 6) is 0.688. The molecule has 0 atom stereocenters. The Bertz CT molecular complexity index is 497. The largest absolute Gasteiger partial charge is 0.504 e. The van der Waals surface area contributed by atoms with Gasteiger partial charge in [-0.25, -0.2) is 0 Å². The second-order valence-corrected chi connectivity index (χ2v) is 5.38. The Morgan fingerprint density at radius 1 is 1.32 bits per heavy atom. The summed E-state index contributed by atoms with van der Waals surface area (Å²) in [7, 11) is 3.32. The first-order valence-electron chi connectivity index (χ1n) is 7.83. The van der Waals surface area contributed by atoms with Gasteiger partial charge >= 0.3 is 0 Å². The van der Waals surface area contributed by atoms with Crippen LogP contribution in [-0.2, 0) is 11.3 Å². The molecule has 0 aliphatic heterocycles. The monoisotopic (exact) mass is 305 g/mol. The van der Waals surface area contributed by atoms with Gasteiger partial charge in [0.05, 0.1) is 7.11 Å². The second kappa shape index (κ2) is 9.87. The molecule has 1 aromatic carbocycles. The highest BCUT2D eigenvalue weighted by Gasteiger charge is 2.10. The van der Waals surface area contributed by atoms with Crippen molar-refractivity contribution in [3.8, 4) is 11.5 Å². The van der Waals surface area contributed by atoms with Gasteiger partial charge in [0.25, 0.3) is 0 Å². The molecule has 1 aromatic rings. The Balaban J connectivity index is 2.39. The highest BCUT2D eigenvalue weighted by Crippen LogP contribution is 2.26. The van der Waals surface area contributed by atoms with Gasteiger partial charge in [0.1, 0.15) is 0 Å². The van der Waals surface area contributed by atoms with E-state index in [-0.39, 0.29) is 11.7 Å². The van der Waals surface area contributed by atoms with Crippen LogP contribution in [0.2, 0.25) is 0 Å². The normalized spacial score (nSPS) is 10.9. The molecule has 0 bridgehead atoms. The highest BCUT2D eigenvalue weighted by molar-refractivity contribution is 5.75. The SMILES string of the molecule is CCC=CCCCCC(=O)N(C)Cc1ccc(O)c(OC)c1. The Hall–Kier alpha value is -1.97. The number of allylic oxidation sites excluding steroid dienone is 2. The van der Waals surface area contributed by atoms with Crippen molar-refractivity contribution in [2.45, 2.75) is 45.6 Å². The van der Waals surface area contributed by atoms with Crippen molar-refractivity contribution in [1.82, 2.24) is 4.90 Å². The Morgan fingerprint density at radius 3 is 2.77 bits per heavy atom. The smallest absolute Gasteiger partial charge is 0.222 e. The van der Waals surface area contributed by atoms with Gasteiger partial charge in [-0.15, -0.1) is 0 Å². The van der Waals surface area contributed by atoms with E-state index < -0.39 is 0 Å². The van der Waals surface area contributed by atoms with Gasteiger partial charge < -0.3 is 14.7 Å². The topological polar surface area (TPSA) is 49.8 Å². The molecule has 0 saturated heterocycles. The number of hydrogen-bond donors (Lipinski definition) is 1. The van der Waals surface area contributed by atoms with E-state index in [2.05, 4.69) is 19.1 Å². The lowest BCUT2D eigenvalue weighted by atomic mass is 10.1. The molecule has 0 radical (unpaired) electrons. The summed E-state index contributed by atoms with van der Waals surface area (Å²) >= 11 is 0. The molecule has 122 valence electrons. The summed E-state index contributed by atoms with van der Waals surface area (Å²) < 4.78 is 5.08. The predicted molar refractivity (Wildman–Crippen MR) is 89.0 cm³/mol. The van der Waals surface area contributed by atoms with Crippen LogP contribution in [0.1, 0.15) is 44.6 Å².